The summed E-state index contributed by atoms with van der Waals surface area (Å²) in [6.45, 7) is 5.68. The Morgan fingerprint density at radius 1 is 1.27 bits per heavy atom. The maximum absolute atomic E-state index is 13.3. The molecule has 0 bridgehead atoms. The van der Waals surface area contributed by atoms with E-state index >= 15 is 0 Å². The van der Waals surface area contributed by atoms with Crippen molar-refractivity contribution in [3.8, 4) is 0 Å². The predicted molar refractivity (Wildman–Crippen MR) is 94.1 cm³/mol. The molecule has 1 unspecified atom stereocenters. The van der Waals surface area contributed by atoms with Crippen LogP contribution in [0.3, 0.4) is 0 Å². The van der Waals surface area contributed by atoms with Crippen LogP contribution in [0.4, 0.5) is 9.18 Å². The number of ether oxygens (including phenoxy) is 2. The number of carbonyl (C=O) groups excluding carboxylic acids is 2. The normalized spacial score (nSPS) is 27.5. The predicted octanol–water partition coefficient (Wildman–Crippen LogP) is 3.57. The molecule has 26 heavy (non-hydrogen) atoms. The van der Waals surface area contributed by atoms with Crippen LogP contribution in [-0.4, -0.2) is 42.3 Å². The second kappa shape index (κ2) is 6.89. The number of alkyl halides is 1. The Bertz CT molecular complexity index is 672. The monoisotopic (exact) mass is 363 g/mol. The van der Waals surface area contributed by atoms with Gasteiger partial charge >= 0.3 is 12.1 Å². The van der Waals surface area contributed by atoms with Crippen LogP contribution in [0.25, 0.3) is 0 Å². The van der Waals surface area contributed by atoms with E-state index < -0.39 is 23.8 Å². The molecule has 3 rings (SSSR count). The molecule has 0 N–H and O–H groups in total. The van der Waals surface area contributed by atoms with Crippen molar-refractivity contribution in [2.45, 2.75) is 39.4 Å². The minimum absolute atomic E-state index is 0.173. The quantitative estimate of drug-likeness (QED) is 0.768. The fraction of sp³-hybridized carbons (Fsp3) is 0.600. The van der Waals surface area contributed by atoms with Crippen LogP contribution in [0.1, 0.15) is 32.8 Å². The van der Waals surface area contributed by atoms with Gasteiger partial charge in [0.2, 0.25) is 0 Å². The van der Waals surface area contributed by atoms with E-state index in [0.29, 0.717) is 13.0 Å². The Morgan fingerprint density at radius 2 is 1.96 bits per heavy atom. The Morgan fingerprint density at radius 3 is 2.58 bits per heavy atom. The van der Waals surface area contributed by atoms with Crippen molar-refractivity contribution in [2.24, 2.45) is 17.3 Å². The molecule has 0 radical (unpaired) electrons. The van der Waals surface area contributed by atoms with Gasteiger partial charge in [0.25, 0.3) is 0 Å². The summed E-state index contributed by atoms with van der Waals surface area (Å²) in [5.74, 6) is -0.737. The van der Waals surface area contributed by atoms with E-state index in [-0.39, 0.29) is 31.0 Å². The smallest absolute Gasteiger partial charge is 0.410 e. The molecular weight excluding hydrogens is 337 g/mol. The molecule has 2 fully saturated rings. The minimum Gasteiger partial charge on any atom is -0.459 e. The first kappa shape index (κ1) is 18.7. The first-order chi connectivity index (χ1) is 12.2. The zero-order valence-electron chi connectivity index (χ0n) is 15.5. The lowest BCUT2D eigenvalue weighted by Gasteiger charge is -2.47. The Hall–Kier alpha value is -2.11. The summed E-state index contributed by atoms with van der Waals surface area (Å²) in [6, 6.07) is 9.40. The average molecular weight is 363 g/mol. The van der Waals surface area contributed by atoms with Crippen molar-refractivity contribution >= 4 is 12.1 Å². The second-order valence-corrected chi connectivity index (χ2v) is 8.30. The highest BCUT2D eigenvalue weighted by Gasteiger charge is 2.65. The van der Waals surface area contributed by atoms with E-state index in [1.54, 1.807) is 0 Å². The zero-order valence-corrected chi connectivity index (χ0v) is 15.5. The fourth-order valence-corrected chi connectivity index (χ4v) is 3.99. The molecular formula is C20H26FNO4. The van der Waals surface area contributed by atoms with Crippen LogP contribution in [0, 0.1) is 17.3 Å². The number of halogens is 1. The van der Waals surface area contributed by atoms with Crippen molar-refractivity contribution in [1.29, 1.82) is 0 Å². The number of nitrogens with zero attached hydrogens (tertiary/aromatic N) is 1. The lowest BCUT2D eigenvalue weighted by molar-refractivity contribution is -0.181. The number of hydrogen-bond donors (Lipinski definition) is 0. The summed E-state index contributed by atoms with van der Waals surface area (Å²) < 4.78 is 24.2. The van der Waals surface area contributed by atoms with Crippen molar-refractivity contribution in [3.63, 3.8) is 0 Å². The van der Waals surface area contributed by atoms with Crippen molar-refractivity contribution in [3.05, 3.63) is 35.9 Å². The van der Waals surface area contributed by atoms with Crippen LogP contribution < -0.4 is 0 Å². The first-order valence-electron chi connectivity index (χ1n) is 9.00. The number of likely N-dealkylation sites (tertiary alicyclic amines) is 1. The van der Waals surface area contributed by atoms with E-state index in [1.807, 2.05) is 51.1 Å². The Labute approximate surface area is 153 Å². The highest BCUT2D eigenvalue weighted by atomic mass is 19.1. The second-order valence-electron chi connectivity index (χ2n) is 8.30. The summed E-state index contributed by atoms with van der Waals surface area (Å²) in [7, 11) is 0. The molecule has 3 atom stereocenters. The highest BCUT2D eigenvalue weighted by molar-refractivity contribution is 5.82. The summed E-state index contributed by atoms with van der Waals surface area (Å²) >= 11 is 0. The molecule has 1 aliphatic carbocycles. The van der Waals surface area contributed by atoms with Gasteiger partial charge in [-0.25, -0.2) is 4.79 Å². The van der Waals surface area contributed by atoms with E-state index in [1.165, 1.54) is 4.90 Å². The van der Waals surface area contributed by atoms with Gasteiger partial charge in [0.05, 0.1) is 12.1 Å². The zero-order chi connectivity index (χ0) is 18.9. The van der Waals surface area contributed by atoms with Crippen LogP contribution in [0.2, 0.25) is 0 Å². The average Bonchev–Trinajstić information content (AvgIpc) is 2.87. The van der Waals surface area contributed by atoms with Crippen LogP contribution in [0.15, 0.2) is 30.3 Å². The van der Waals surface area contributed by atoms with Gasteiger partial charge in [-0.15, -0.1) is 0 Å². The maximum Gasteiger partial charge on any atom is 0.410 e. The third-order valence-electron chi connectivity index (χ3n) is 5.26. The largest absolute Gasteiger partial charge is 0.459 e. The van der Waals surface area contributed by atoms with E-state index in [9.17, 15) is 14.0 Å². The Balaban J connectivity index is 1.66. The molecule has 1 aromatic carbocycles. The topological polar surface area (TPSA) is 55.8 Å². The molecule has 1 saturated carbocycles. The van der Waals surface area contributed by atoms with Gasteiger partial charge in [-0.1, -0.05) is 30.3 Å². The molecule has 1 heterocycles. The number of benzene rings is 1. The van der Waals surface area contributed by atoms with Crippen LogP contribution in [-0.2, 0) is 20.9 Å². The minimum atomic E-state index is -0.796. The number of esters is 1. The summed E-state index contributed by atoms with van der Waals surface area (Å²) in [5, 5.41) is 0. The van der Waals surface area contributed by atoms with Gasteiger partial charge < -0.3 is 14.4 Å². The SMILES string of the molecule is CC(C)(C)OC(=O)[C@@]12CC(CF)[C@@H]1CN(C(=O)OCc1ccccc1)C2. The molecule has 1 aliphatic heterocycles. The van der Waals surface area contributed by atoms with Crippen LogP contribution >= 0.6 is 0 Å². The molecule has 142 valence electrons. The van der Waals surface area contributed by atoms with Crippen molar-refractivity contribution in [2.75, 3.05) is 19.8 Å². The highest BCUT2D eigenvalue weighted by Crippen LogP contribution is 2.57. The van der Waals surface area contributed by atoms with E-state index in [0.717, 1.165) is 5.56 Å². The lowest BCUT2D eigenvalue weighted by Crippen LogP contribution is -2.55. The number of rotatable bonds is 4. The van der Waals surface area contributed by atoms with Gasteiger partial charge in [0.1, 0.15) is 12.2 Å². The maximum atomic E-state index is 13.3. The number of carbonyl (C=O) groups is 2. The molecule has 6 heteroatoms. The standard InChI is InChI=1S/C20H26FNO4/c1-19(2,3)26-17(23)20-9-15(10-21)16(20)11-22(13-20)18(24)25-12-14-7-5-4-6-8-14/h4-8,15-16H,9-13H2,1-3H3/t15?,16-,20+/m0/s1. The molecule has 1 amide bonds. The molecule has 1 saturated heterocycles. The number of fused-ring (bicyclic) bond motifs is 1. The van der Waals surface area contributed by atoms with E-state index in [4.69, 9.17) is 9.47 Å². The molecule has 0 spiro atoms. The van der Waals surface area contributed by atoms with Crippen LogP contribution in [0.5, 0.6) is 0 Å². The van der Waals surface area contributed by atoms with Gasteiger partial charge in [0.15, 0.2) is 0 Å². The van der Waals surface area contributed by atoms with Gasteiger partial charge in [-0.2, -0.15) is 0 Å². The molecule has 1 aromatic rings. The lowest BCUT2D eigenvalue weighted by atomic mass is 9.55. The van der Waals surface area contributed by atoms with Crippen molar-refractivity contribution in [1.82, 2.24) is 4.90 Å². The first-order valence-corrected chi connectivity index (χ1v) is 9.00. The van der Waals surface area contributed by atoms with E-state index in [2.05, 4.69) is 0 Å². The number of amides is 1. The number of hydrogen-bond acceptors (Lipinski definition) is 4. The third-order valence-corrected chi connectivity index (χ3v) is 5.26. The van der Waals surface area contributed by atoms with Gasteiger partial charge in [-0.3, -0.25) is 9.18 Å². The molecule has 2 aliphatic rings. The summed E-state index contributed by atoms with van der Waals surface area (Å²) in [4.78, 5) is 26.7. The third kappa shape index (κ3) is 3.55. The molecule has 5 nitrogen and oxygen atoms in total. The Kier molecular flexibility index (Phi) is 4.95. The fourth-order valence-electron chi connectivity index (χ4n) is 3.99. The summed E-state index contributed by atoms with van der Waals surface area (Å²) in [5.41, 5.74) is -0.514. The van der Waals surface area contributed by atoms with Gasteiger partial charge in [-0.05, 0) is 44.6 Å². The van der Waals surface area contributed by atoms with Crippen molar-refractivity contribution < 1.29 is 23.5 Å². The molecule has 0 aromatic heterocycles. The van der Waals surface area contributed by atoms with Gasteiger partial charge in [0, 0.05) is 13.1 Å². The summed E-state index contributed by atoms with van der Waals surface area (Å²) in [6.07, 6.45) is -0.0465.